The number of benzene rings is 3. The molecule has 0 spiro atoms. The van der Waals surface area contributed by atoms with E-state index in [-0.39, 0.29) is 13.2 Å². The Morgan fingerprint density at radius 3 is 2.31 bits per heavy atom. The quantitative estimate of drug-likeness (QED) is 0.488. The van der Waals surface area contributed by atoms with Gasteiger partial charge in [-0.3, -0.25) is 0 Å². The Labute approximate surface area is 167 Å². The van der Waals surface area contributed by atoms with Crippen LogP contribution in [0.3, 0.4) is 0 Å². The SMILES string of the molecule is O=C(OCc1ccccc1)c1ccc(OC(=O)C2COc3ccccc3O2)cc1. The molecule has 4 rings (SSSR count). The second-order valence-electron chi connectivity index (χ2n) is 6.37. The molecule has 0 fully saturated rings. The molecule has 1 unspecified atom stereocenters. The number of para-hydroxylation sites is 2. The van der Waals surface area contributed by atoms with Gasteiger partial charge in [0.1, 0.15) is 19.0 Å². The Hall–Kier alpha value is -3.80. The van der Waals surface area contributed by atoms with E-state index < -0.39 is 18.0 Å². The lowest BCUT2D eigenvalue weighted by Gasteiger charge is -2.24. The minimum atomic E-state index is -0.861. The number of carbonyl (C=O) groups excluding carboxylic acids is 2. The molecule has 6 nitrogen and oxygen atoms in total. The van der Waals surface area contributed by atoms with Crippen molar-refractivity contribution < 1.29 is 28.5 Å². The third kappa shape index (κ3) is 4.55. The monoisotopic (exact) mass is 390 g/mol. The highest BCUT2D eigenvalue weighted by Gasteiger charge is 2.29. The fraction of sp³-hybridized carbons (Fsp3) is 0.130. The van der Waals surface area contributed by atoms with Gasteiger partial charge in [-0.05, 0) is 42.0 Å². The van der Waals surface area contributed by atoms with E-state index in [0.717, 1.165) is 5.56 Å². The fourth-order valence-electron chi connectivity index (χ4n) is 2.78. The molecule has 1 aliphatic rings. The van der Waals surface area contributed by atoms with E-state index in [9.17, 15) is 9.59 Å². The highest BCUT2D eigenvalue weighted by molar-refractivity contribution is 5.89. The van der Waals surface area contributed by atoms with Crippen LogP contribution in [0, 0.1) is 0 Å². The molecule has 0 amide bonds. The van der Waals surface area contributed by atoms with Crippen LogP contribution in [0.5, 0.6) is 17.2 Å². The summed E-state index contributed by atoms with van der Waals surface area (Å²) in [7, 11) is 0. The maximum absolute atomic E-state index is 12.3. The Morgan fingerprint density at radius 1 is 0.862 bits per heavy atom. The predicted octanol–water partition coefficient (Wildman–Crippen LogP) is 3.79. The van der Waals surface area contributed by atoms with Gasteiger partial charge in [0.15, 0.2) is 11.5 Å². The molecule has 1 atom stereocenters. The first-order valence-electron chi connectivity index (χ1n) is 9.10. The molecule has 0 saturated carbocycles. The molecule has 1 heterocycles. The smallest absolute Gasteiger partial charge is 0.356 e. The van der Waals surface area contributed by atoms with E-state index in [1.54, 1.807) is 30.3 Å². The maximum Gasteiger partial charge on any atom is 0.356 e. The van der Waals surface area contributed by atoms with Crippen LogP contribution in [0.25, 0.3) is 0 Å². The van der Waals surface area contributed by atoms with Gasteiger partial charge < -0.3 is 18.9 Å². The van der Waals surface area contributed by atoms with E-state index in [1.807, 2.05) is 36.4 Å². The van der Waals surface area contributed by atoms with Crippen molar-refractivity contribution in [1.82, 2.24) is 0 Å². The summed E-state index contributed by atoms with van der Waals surface area (Å²) in [5.74, 6) is 0.371. The lowest BCUT2D eigenvalue weighted by Crippen LogP contribution is -2.39. The Morgan fingerprint density at radius 2 is 1.55 bits per heavy atom. The number of carbonyl (C=O) groups is 2. The lowest BCUT2D eigenvalue weighted by atomic mass is 10.2. The molecule has 1 aliphatic heterocycles. The Kier molecular flexibility index (Phi) is 5.42. The van der Waals surface area contributed by atoms with Crippen molar-refractivity contribution in [3.05, 3.63) is 90.0 Å². The summed E-state index contributed by atoms with van der Waals surface area (Å²) in [6, 6.07) is 22.7. The third-order valence-corrected chi connectivity index (χ3v) is 4.29. The Balaban J connectivity index is 1.32. The van der Waals surface area contributed by atoms with Crippen molar-refractivity contribution in [2.45, 2.75) is 12.7 Å². The zero-order valence-electron chi connectivity index (χ0n) is 15.4. The molecule has 3 aromatic rings. The summed E-state index contributed by atoms with van der Waals surface area (Å²) in [6.45, 7) is 0.261. The minimum Gasteiger partial charge on any atom is -0.485 e. The van der Waals surface area contributed by atoms with Gasteiger partial charge in [-0.15, -0.1) is 0 Å². The van der Waals surface area contributed by atoms with Crippen molar-refractivity contribution in [3.63, 3.8) is 0 Å². The topological polar surface area (TPSA) is 71.1 Å². The largest absolute Gasteiger partial charge is 0.485 e. The summed E-state index contributed by atoms with van der Waals surface area (Å²) in [4.78, 5) is 24.5. The van der Waals surface area contributed by atoms with Crippen molar-refractivity contribution >= 4 is 11.9 Å². The van der Waals surface area contributed by atoms with Crippen LogP contribution in [-0.2, 0) is 16.1 Å². The van der Waals surface area contributed by atoms with Crippen LogP contribution in [0.1, 0.15) is 15.9 Å². The second-order valence-corrected chi connectivity index (χ2v) is 6.37. The van der Waals surface area contributed by atoms with E-state index in [0.29, 0.717) is 22.8 Å². The van der Waals surface area contributed by atoms with Gasteiger partial charge >= 0.3 is 11.9 Å². The number of rotatable bonds is 5. The van der Waals surface area contributed by atoms with Crippen molar-refractivity contribution in [2.75, 3.05) is 6.61 Å². The van der Waals surface area contributed by atoms with Gasteiger partial charge in [0.2, 0.25) is 6.10 Å². The molecule has 0 aliphatic carbocycles. The number of hydrogen-bond acceptors (Lipinski definition) is 6. The van der Waals surface area contributed by atoms with Gasteiger partial charge in [0.25, 0.3) is 0 Å². The first kappa shape index (κ1) is 18.6. The van der Waals surface area contributed by atoms with Gasteiger partial charge in [-0.25, -0.2) is 9.59 Å². The molecule has 0 N–H and O–H groups in total. The first-order chi connectivity index (χ1) is 14.2. The van der Waals surface area contributed by atoms with Gasteiger partial charge in [-0.2, -0.15) is 0 Å². The van der Waals surface area contributed by atoms with Crippen molar-refractivity contribution in [1.29, 1.82) is 0 Å². The average Bonchev–Trinajstić information content (AvgIpc) is 2.78. The zero-order valence-corrected chi connectivity index (χ0v) is 15.4. The van der Waals surface area contributed by atoms with Crippen molar-refractivity contribution in [3.8, 4) is 17.2 Å². The summed E-state index contributed by atoms with van der Waals surface area (Å²) < 4.78 is 21.8. The first-order valence-corrected chi connectivity index (χ1v) is 9.10. The number of esters is 2. The van der Waals surface area contributed by atoms with Gasteiger partial charge in [0.05, 0.1) is 5.56 Å². The van der Waals surface area contributed by atoms with Crippen LogP contribution < -0.4 is 14.2 Å². The lowest BCUT2D eigenvalue weighted by molar-refractivity contribution is -0.144. The molecule has 146 valence electrons. The minimum absolute atomic E-state index is 0.0692. The molecule has 3 aromatic carbocycles. The number of fused-ring (bicyclic) bond motifs is 1. The van der Waals surface area contributed by atoms with E-state index in [1.165, 1.54) is 12.1 Å². The normalized spacial score (nSPS) is 14.7. The van der Waals surface area contributed by atoms with E-state index in [4.69, 9.17) is 18.9 Å². The summed E-state index contributed by atoms with van der Waals surface area (Å²) >= 11 is 0. The van der Waals surface area contributed by atoms with Crippen molar-refractivity contribution in [2.24, 2.45) is 0 Å². The Bertz CT molecular complexity index is 997. The van der Waals surface area contributed by atoms with E-state index in [2.05, 4.69) is 0 Å². The highest BCUT2D eigenvalue weighted by Crippen LogP contribution is 2.31. The van der Waals surface area contributed by atoms with E-state index >= 15 is 0 Å². The molecular formula is C23H18O6. The van der Waals surface area contributed by atoms with Crippen LogP contribution in [0.2, 0.25) is 0 Å². The van der Waals surface area contributed by atoms with Crippen LogP contribution in [-0.4, -0.2) is 24.6 Å². The molecule has 0 aromatic heterocycles. The molecular weight excluding hydrogens is 372 g/mol. The zero-order chi connectivity index (χ0) is 20.1. The maximum atomic E-state index is 12.3. The molecule has 0 saturated heterocycles. The fourth-order valence-corrected chi connectivity index (χ4v) is 2.78. The third-order valence-electron chi connectivity index (χ3n) is 4.29. The molecule has 0 radical (unpaired) electrons. The average molecular weight is 390 g/mol. The summed E-state index contributed by atoms with van der Waals surface area (Å²) in [5.41, 5.74) is 1.27. The van der Waals surface area contributed by atoms with Crippen LogP contribution in [0.15, 0.2) is 78.9 Å². The van der Waals surface area contributed by atoms with Gasteiger partial charge in [0, 0.05) is 0 Å². The van der Waals surface area contributed by atoms with Crippen LogP contribution >= 0.6 is 0 Å². The number of hydrogen-bond donors (Lipinski definition) is 0. The summed E-state index contributed by atoms with van der Waals surface area (Å²) in [5, 5.41) is 0. The molecule has 29 heavy (non-hydrogen) atoms. The van der Waals surface area contributed by atoms with Gasteiger partial charge in [-0.1, -0.05) is 42.5 Å². The summed E-state index contributed by atoms with van der Waals surface area (Å²) in [6.07, 6.45) is -0.861. The molecule has 6 heteroatoms. The number of ether oxygens (including phenoxy) is 4. The standard InChI is InChI=1S/C23H18O6/c24-22(27-14-16-6-2-1-3-7-16)17-10-12-18(13-11-17)28-23(25)21-15-26-19-8-4-5-9-20(19)29-21/h1-13,21H,14-15H2. The van der Waals surface area contributed by atoms with Crippen LogP contribution in [0.4, 0.5) is 0 Å². The molecule has 0 bridgehead atoms. The second kappa shape index (κ2) is 8.48. The highest BCUT2D eigenvalue weighted by atomic mass is 16.6. The predicted molar refractivity (Wildman–Crippen MR) is 104 cm³/mol.